The first-order valence-corrected chi connectivity index (χ1v) is 7.36. The Morgan fingerprint density at radius 2 is 1.90 bits per heavy atom. The first-order valence-electron chi connectivity index (χ1n) is 7.36. The number of nitrogens with two attached hydrogens (primary N) is 1. The summed E-state index contributed by atoms with van der Waals surface area (Å²) in [6.45, 7) is 0.411. The van der Waals surface area contributed by atoms with Crippen LogP contribution in [0.2, 0.25) is 0 Å². The monoisotopic (exact) mass is 276 g/mol. The number of amides is 1. The van der Waals surface area contributed by atoms with Crippen molar-refractivity contribution < 1.29 is 9.53 Å². The van der Waals surface area contributed by atoms with Gasteiger partial charge < -0.3 is 15.8 Å². The van der Waals surface area contributed by atoms with Gasteiger partial charge in [-0.25, -0.2) is 0 Å². The van der Waals surface area contributed by atoms with Gasteiger partial charge in [0.05, 0.1) is 18.2 Å². The van der Waals surface area contributed by atoms with Crippen molar-refractivity contribution in [2.24, 2.45) is 11.1 Å². The molecule has 4 heteroatoms. The first kappa shape index (κ1) is 14.9. The maximum atomic E-state index is 12.7. The lowest BCUT2D eigenvalue weighted by molar-refractivity contribution is -0.125. The maximum Gasteiger partial charge on any atom is 0.231 e. The molecule has 0 radical (unpaired) electrons. The molecule has 0 spiro atoms. The summed E-state index contributed by atoms with van der Waals surface area (Å²) in [5.74, 6) is 0.716. The van der Waals surface area contributed by atoms with Gasteiger partial charge in [0.2, 0.25) is 5.91 Å². The van der Waals surface area contributed by atoms with E-state index in [0.29, 0.717) is 12.3 Å². The van der Waals surface area contributed by atoms with Crippen LogP contribution in [0.25, 0.3) is 0 Å². The van der Waals surface area contributed by atoms with Crippen molar-refractivity contribution in [1.29, 1.82) is 0 Å². The predicted octanol–water partition coefficient (Wildman–Crippen LogP) is 2.93. The summed E-state index contributed by atoms with van der Waals surface area (Å²) in [5.41, 5.74) is 6.24. The van der Waals surface area contributed by atoms with Gasteiger partial charge in [-0.15, -0.1) is 0 Å². The summed E-state index contributed by atoms with van der Waals surface area (Å²) in [4.78, 5) is 12.7. The minimum Gasteiger partial charge on any atom is -0.495 e. The molecule has 2 rings (SSSR count). The van der Waals surface area contributed by atoms with E-state index in [0.717, 1.165) is 31.4 Å². The van der Waals surface area contributed by atoms with Gasteiger partial charge in [-0.3, -0.25) is 4.79 Å². The van der Waals surface area contributed by atoms with Crippen LogP contribution in [-0.4, -0.2) is 19.6 Å². The second kappa shape index (κ2) is 6.75. The van der Waals surface area contributed by atoms with E-state index in [-0.39, 0.29) is 5.91 Å². The molecule has 0 atom stereocenters. The number of hydrogen-bond acceptors (Lipinski definition) is 3. The van der Waals surface area contributed by atoms with Crippen LogP contribution in [-0.2, 0) is 4.79 Å². The van der Waals surface area contributed by atoms with Gasteiger partial charge in [0.1, 0.15) is 5.75 Å². The number of carbonyl (C=O) groups is 1. The van der Waals surface area contributed by atoms with E-state index < -0.39 is 5.41 Å². The van der Waals surface area contributed by atoms with Crippen molar-refractivity contribution in [2.45, 2.75) is 38.5 Å². The summed E-state index contributed by atoms with van der Waals surface area (Å²) < 4.78 is 5.28. The number of ether oxygens (including phenoxy) is 1. The van der Waals surface area contributed by atoms with Gasteiger partial charge in [0.15, 0.2) is 0 Å². The van der Waals surface area contributed by atoms with Crippen LogP contribution in [0.5, 0.6) is 5.75 Å². The Hall–Kier alpha value is -1.55. The molecule has 0 bridgehead atoms. The number of hydrogen-bond donors (Lipinski definition) is 2. The van der Waals surface area contributed by atoms with Gasteiger partial charge in [-0.05, 0) is 25.0 Å². The van der Waals surface area contributed by atoms with Crippen molar-refractivity contribution in [2.75, 3.05) is 19.0 Å². The van der Waals surface area contributed by atoms with Crippen molar-refractivity contribution in [3.8, 4) is 5.75 Å². The van der Waals surface area contributed by atoms with Crippen LogP contribution in [0.1, 0.15) is 38.5 Å². The van der Waals surface area contributed by atoms with E-state index in [4.69, 9.17) is 10.5 Å². The first-order chi connectivity index (χ1) is 9.72. The standard InChI is InChI=1S/C16H24N2O2/c1-20-14-9-5-4-8-13(14)18-15(19)16(12-17)10-6-2-3-7-11-16/h4-5,8-9H,2-3,6-7,10-12,17H2,1H3,(H,18,19). The number of benzene rings is 1. The molecule has 0 heterocycles. The Bertz CT molecular complexity index is 452. The molecule has 3 N–H and O–H groups in total. The molecule has 0 aliphatic heterocycles. The highest BCUT2D eigenvalue weighted by Crippen LogP contribution is 2.36. The van der Waals surface area contributed by atoms with Crippen molar-refractivity contribution in [1.82, 2.24) is 0 Å². The van der Waals surface area contributed by atoms with Crippen LogP contribution < -0.4 is 15.8 Å². The summed E-state index contributed by atoms with van der Waals surface area (Å²) >= 11 is 0. The zero-order chi connectivity index (χ0) is 14.4. The lowest BCUT2D eigenvalue weighted by atomic mass is 9.79. The van der Waals surface area contributed by atoms with Gasteiger partial charge in [0, 0.05) is 6.54 Å². The van der Waals surface area contributed by atoms with E-state index in [1.165, 1.54) is 12.8 Å². The SMILES string of the molecule is COc1ccccc1NC(=O)C1(CN)CCCCCC1. The molecule has 1 fully saturated rings. The molecule has 1 aromatic rings. The summed E-state index contributed by atoms with van der Waals surface area (Å²) in [6.07, 6.45) is 6.31. The topological polar surface area (TPSA) is 64.3 Å². The van der Waals surface area contributed by atoms with Gasteiger partial charge in [0.25, 0.3) is 0 Å². The molecule has 0 saturated heterocycles. The Balaban J connectivity index is 2.16. The third-order valence-corrected chi connectivity index (χ3v) is 4.29. The van der Waals surface area contributed by atoms with Crippen molar-refractivity contribution >= 4 is 11.6 Å². The lowest BCUT2D eigenvalue weighted by Crippen LogP contribution is -2.42. The molecule has 0 unspecified atom stereocenters. The Kier molecular flexibility index (Phi) is 5.01. The summed E-state index contributed by atoms with van der Waals surface area (Å²) in [7, 11) is 1.61. The second-order valence-electron chi connectivity index (χ2n) is 5.55. The van der Waals surface area contributed by atoms with Crippen LogP contribution in [0, 0.1) is 5.41 Å². The molecule has 1 amide bonds. The Morgan fingerprint density at radius 3 is 2.50 bits per heavy atom. The average molecular weight is 276 g/mol. The fraction of sp³-hybridized carbons (Fsp3) is 0.562. The summed E-state index contributed by atoms with van der Waals surface area (Å²) in [6, 6.07) is 7.48. The third kappa shape index (κ3) is 3.12. The second-order valence-corrected chi connectivity index (χ2v) is 5.55. The minimum absolute atomic E-state index is 0.0337. The van der Waals surface area contributed by atoms with E-state index in [1.54, 1.807) is 7.11 Å². The number of nitrogens with one attached hydrogen (secondary N) is 1. The largest absolute Gasteiger partial charge is 0.495 e. The Morgan fingerprint density at radius 1 is 1.25 bits per heavy atom. The molecular weight excluding hydrogens is 252 g/mol. The number of para-hydroxylation sites is 2. The van der Waals surface area contributed by atoms with Crippen molar-refractivity contribution in [3.05, 3.63) is 24.3 Å². The van der Waals surface area contributed by atoms with Gasteiger partial charge in [-0.1, -0.05) is 37.8 Å². The van der Waals surface area contributed by atoms with Gasteiger partial charge in [-0.2, -0.15) is 0 Å². The fourth-order valence-electron chi connectivity index (χ4n) is 2.93. The smallest absolute Gasteiger partial charge is 0.231 e. The van der Waals surface area contributed by atoms with Crippen LogP contribution in [0.3, 0.4) is 0 Å². The molecule has 1 aliphatic rings. The third-order valence-electron chi connectivity index (χ3n) is 4.29. The van der Waals surface area contributed by atoms with E-state index in [2.05, 4.69) is 5.32 Å². The fourth-order valence-corrected chi connectivity index (χ4v) is 2.93. The Labute approximate surface area is 120 Å². The van der Waals surface area contributed by atoms with Gasteiger partial charge >= 0.3 is 0 Å². The highest BCUT2D eigenvalue weighted by molar-refractivity contribution is 5.96. The minimum atomic E-state index is -0.419. The van der Waals surface area contributed by atoms with Crippen LogP contribution in [0.4, 0.5) is 5.69 Å². The number of carbonyl (C=O) groups excluding carboxylic acids is 1. The molecule has 1 aromatic carbocycles. The van der Waals surface area contributed by atoms with Crippen LogP contribution >= 0.6 is 0 Å². The highest BCUT2D eigenvalue weighted by Gasteiger charge is 2.37. The molecule has 1 saturated carbocycles. The predicted molar refractivity (Wildman–Crippen MR) is 80.8 cm³/mol. The van der Waals surface area contributed by atoms with E-state index >= 15 is 0 Å². The summed E-state index contributed by atoms with van der Waals surface area (Å²) in [5, 5.41) is 3.01. The van der Waals surface area contributed by atoms with Crippen LogP contribution in [0.15, 0.2) is 24.3 Å². The van der Waals surface area contributed by atoms with E-state index in [1.807, 2.05) is 24.3 Å². The highest BCUT2D eigenvalue weighted by atomic mass is 16.5. The lowest BCUT2D eigenvalue weighted by Gasteiger charge is -2.30. The molecule has 20 heavy (non-hydrogen) atoms. The number of rotatable bonds is 4. The zero-order valence-electron chi connectivity index (χ0n) is 12.2. The normalized spacial score (nSPS) is 18.1. The zero-order valence-corrected chi connectivity index (χ0v) is 12.2. The molecule has 4 nitrogen and oxygen atoms in total. The maximum absolute atomic E-state index is 12.7. The molecule has 1 aliphatic carbocycles. The number of anilines is 1. The average Bonchev–Trinajstić information content (AvgIpc) is 2.74. The number of methoxy groups -OCH3 is 1. The molecule has 110 valence electrons. The van der Waals surface area contributed by atoms with Crippen molar-refractivity contribution in [3.63, 3.8) is 0 Å². The van der Waals surface area contributed by atoms with E-state index in [9.17, 15) is 4.79 Å². The quantitative estimate of drug-likeness (QED) is 0.831. The molecular formula is C16H24N2O2. The molecule has 0 aromatic heterocycles.